The molecule has 0 atom stereocenters. The van der Waals surface area contributed by atoms with Crippen LogP contribution in [0.4, 0.5) is 33.3 Å². The number of alkyl halides is 3. The van der Waals surface area contributed by atoms with Crippen molar-refractivity contribution in [1.82, 2.24) is 5.32 Å². The first-order valence-electron chi connectivity index (χ1n) is 8.10. The fourth-order valence-corrected chi connectivity index (χ4v) is 2.41. The van der Waals surface area contributed by atoms with Gasteiger partial charge in [0.1, 0.15) is 18.2 Å². The first-order valence-corrected chi connectivity index (χ1v) is 8.48. The van der Waals surface area contributed by atoms with Gasteiger partial charge in [0.25, 0.3) is 5.91 Å². The summed E-state index contributed by atoms with van der Waals surface area (Å²) in [5.41, 5.74) is -0.461. The van der Waals surface area contributed by atoms with Crippen LogP contribution in [0.15, 0.2) is 30.3 Å². The molecule has 2 amide bonds. The molecular formula is C18H15ClF5N3O2. The third-order valence-corrected chi connectivity index (χ3v) is 3.93. The summed E-state index contributed by atoms with van der Waals surface area (Å²) in [5.74, 6) is -3.39. The van der Waals surface area contributed by atoms with Gasteiger partial charge in [-0.1, -0.05) is 11.6 Å². The van der Waals surface area contributed by atoms with E-state index in [1.807, 2.05) is 0 Å². The van der Waals surface area contributed by atoms with E-state index in [1.165, 1.54) is 19.1 Å². The molecule has 11 heteroatoms. The smallest absolute Gasteiger partial charge is 0.376 e. The first-order chi connectivity index (χ1) is 13.5. The highest BCUT2D eigenvalue weighted by atomic mass is 35.5. The Morgan fingerprint density at radius 2 is 1.72 bits per heavy atom. The van der Waals surface area contributed by atoms with E-state index in [1.54, 1.807) is 5.32 Å². The van der Waals surface area contributed by atoms with Gasteiger partial charge >= 0.3 is 6.18 Å². The number of halogens is 6. The van der Waals surface area contributed by atoms with Crippen molar-refractivity contribution < 1.29 is 31.5 Å². The van der Waals surface area contributed by atoms with Crippen molar-refractivity contribution >= 4 is 34.8 Å². The Kier molecular flexibility index (Phi) is 7.02. The minimum Gasteiger partial charge on any atom is -0.376 e. The normalized spacial score (nSPS) is 11.1. The lowest BCUT2D eigenvalue weighted by Crippen LogP contribution is -2.33. The molecule has 2 rings (SSSR count). The van der Waals surface area contributed by atoms with Gasteiger partial charge in [-0.3, -0.25) is 9.59 Å². The molecule has 2 aromatic rings. The van der Waals surface area contributed by atoms with E-state index in [-0.39, 0.29) is 27.5 Å². The molecule has 3 N–H and O–H groups in total. The lowest BCUT2D eigenvalue weighted by Gasteiger charge is -2.14. The Hall–Kier alpha value is -2.88. The molecule has 0 bridgehead atoms. The van der Waals surface area contributed by atoms with Gasteiger partial charge in [-0.2, -0.15) is 13.2 Å². The Morgan fingerprint density at radius 1 is 1.03 bits per heavy atom. The van der Waals surface area contributed by atoms with E-state index in [2.05, 4.69) is 10.6 Å². The molecule has 0 aliphatic heterocycles. The van der Waals surface area contributed by atoms with Crippen LogP contribution in [0.25, 0.3) is 0 Å². The lowest BCUT2D eigenvalue weighted by atomic mass is 10.1. The Bertz CT molecular complexity index is 934. The molecule has 0 spiro atoms. The molecule has 0 aromatic heterocycles. The van der Waals surface area contributed by atoms with Crippen LogP contribution in [0.5, 0.6) is 0 Å². The number of anilines is 2. The number of amides is 2. The maximum absolute atomic E-state index is 14.0. The molecule has 0 radical (unpaired) electrons. The van der Waals surface area contributed by atoms with Crippen molar-refractivity contribution in [1.29, 1.82) is 0 Å². The predicted octanol–water partition coefficient (Wildman–Crippen LogP) is 4.27. The summed E-state index contributed by atoms with van der Waals surface area (Å²) < 4.78 is 64.3. The molecule has 0 fully saturated rings. The maximum Gasteiger partial charge on any atom is 0.405 e. The molecule has 0 aliphatic carbocycles. The van der Waals surface area contributed by atoms with E-state index in [0.29, 0.717) is 0 Å². The van der Waals surface area contributed by atoms with Crippen LogP contribution in [0.2, 0.25) is 5.02 Å². The van der Waals surface area contributed by atoms with Crippen molar-refractivity contribution in [3.8, 4) is 0 Å². The number of nitrogens with one attached hydrogen (secondary N) is 3. The van der Waals surface area contributed by atoms with Crippen LogP contribution in [0, 0.1) is 18.6 Å². The van der Waals surface area contributed by atoms with Gasteiger partial charge in [0.15, 0.2) is 0 Å². The standard InChI is InChI=1S/C18H15ClF5N3O2/c1-9-13(21)4-10(17(29)26-8-18(22,23)24)5-14(9)25-7-16(28)27-15-6-11(19)2-3-12(15)20/h2-6,25H,7-8H2,1H3,(H,26,29)(H,27,28). The molecule has 0 saturated heterocycles. The van der Waals surface area contributed by atoms with Crippen LogP contribution in [0.1, 0.15) is 15.9 Å². The molecule has 2 aromatic carbocycles. The van der Waals surface area contributed by atoms with Gasteiger partial charge in [0.05, 0.1) is 12.2 Å². The van der Waals surface area contributed by atoms with Gasteiger partial charge in [-0.25, -0.2) is 8.78 Å². The van der Waals surface area contributed by atoms with Gasteiger partial charge in [-0.15, -0.1) is 0 Å². The molecule has 0 saturated carbocycles. The number of rotatable bonds is 6. The predicted molar refractivity (Wildman–Crippen MR) is 98.1 cm³/mol. The Morgan fingerprint density at radius 3 is 2.38 bits per heavy atom. The van der Waals surface area contributed by atoms with E-state index in [0.717, 1.165) is 18.2 Å². The SMILES string of the molecule is Cc1c(F)cc(C(=O)NCC(F)(F)F)cc1NCC(=O)Nc1cc(Cl)ccc1F. The summed E-state index contributed by atoms with van der Waals surface area (Å²) in [6.45, 7) is -0.652. The molecule has 0 heterocycles. The van der Waals surface area contributed by atoms with Crippen LogP contribution in [-0.2, 0) is 4.79 Å². The monoisotopic (exact) mass is 435 g/mol. The average Bonchev–Trinajstić information content (AvgIpc) is 2.63. The molecule has 29 heavy (non-hydrogen) atoms. The molecule has 0 aliphatic rings. The quantitative estimate of drug-likeness (QED) is 0.593. The summed E-state index contributed by atoms with van der Waals surface area (Å²) in [5, 5.41) is 6.67. The van der Waals surface area contributed by atoms with Gasteiger partial charge < -0.3 is 16.0 Å². The summed E-state index contributed by atoms with van der Waals surface area (Å²) in [6.07, 6.45) is -4.62. The minimum atomic E-state index is -4.62. The van der Waals surface area contributed by atoms with E-state index < -0.39 is 42.7 Å². The summed E-state index contributed by atoms with van der Waals surface area (Å²) in [4.78, 5) is 23.8. The highest BCUT2D eigenvalue weighted by Crippen LogP contribution is 2.22. The van der Waals surface area contributed by atoms with Crippen LogP contribution >= 0.6 is 11.6 Å². The van der Waals surface area contributed by atoms with Crippen molar-refractivity contribution in [3.05, 3.63) is 58.1 Å². The largest absolute Gasteiger partial charge is 0.405 e. The topological polar surface area (TPSA) is 70.2 Å². The van der Waals surface area contributed by atoms with E-state index >= 15 is 0 Å². The zero-order valence-corrected chi connectivity index (χ0v) is 15.6. The number of carbonyl (C=O) groups is 2. The zero-order valence-electron chi connectivity index (χ0n) is 14.9. The summed E-state index contributed by atoms with van der Waals surface area (Å²) in [6, 6.07) is 5.45. The van der Waals surface area contributed by atoms with Crippen molar-refractivity contribution in [2.24, 2.45) is 0 Å². The van der Waals surface area contributed by atoms with Crippen molar-refractivity contribution in [2.75, 3.05) is 23.7 Å². The molecular weight excluding hydrogens is 421 g/mol. The van der Waals surface area contributed by atoms with Gasteiger partial charge in [-0.05, 0) is 37.3 Å². The van der Waals surface area contributed by atoms with Crippen LogP contribution in [-0.4, -0.2) is 31.1 Å². The molecule has 5 nitrogen and oxygen atoms in total. The molecule has 0 unspecified atom stereocenters. The Balaban J connectivity index is 2.08. The van der Waals surface area contributed by atoms with E-state index in [9.17, 15) is 31.5 Å². The van der Waals surface area contributed by atoms with Gasteiger partial charge in [0.2, 0.25) is 5.91 Å². The minimum absolute atomic E-state index is 0.0175. The number of hydrogen-bond acceptors (Lipinski definition) is 3. The fourth-order valence-electron chi connectivity index (χ4n) is 2.24. The van der Waals surface area contributed by atoms with Crippen molar-refractivity contribution in [3.63, 3.8) is 0 Å². The highest BCUT2D eigenvalue weighted by Gasteiger charge is 2.28. The van der Waals surface area contributed by atoms with Gasteiger partial charge in [0, 0.05) is 21.8 Å². The zero-order chi connectivity index (χ0) is 21.8. The number of benzene rings is 2. The Labute approximate surface area is 167 Å². The lowest BCUT2D eigenvalue weighted by molar-refractivity contribution is -0.123. The second-order valence-corrected chi connectivity index (χ2v) is 6.39. The maximum atomic E-state index is 14.0. The van der Waals surface area contributed by atoms with E-state index in [4.69, 9.17) is 11.6 Å². The van der Waals surface area contributed by atoms with Crippen molar-refractivity contribution in [2.45, 2.75) is 13.1 Å². The summed E-state index contributed by atoms with van der Waals surface area (Å²) in [7, 11) is 0. The second kappa shape index (κ2) is 9.08. The van der Waals surface area contributed by atoms with Crippen LogP contribution in [0.3, 0.4) is 0 Å². The third-order valence-electron chi connectivity index (χ3n) is 3.70. The average molecular weight is 436 g/mol. The number of hydrogen-bond donors (Lipinski definition) is 3. The summed E-state index contributed by atoms with van der Waals surface area (Å²) >= 11 is 5.73. The first kappa shape index (κ1) is 22.4. The second-order valence-electron chi connectivity index (χ2n) is 5.95. The van der Waals surface area contributed by atoms with Crippen LogP contribution < -0.4 is 16.0 Å². The fraction of sp³-hybridized carbons (Fsp3) is 0.222. The third kappa shape index (κ3) is 6.60. The highest BCUT2D eigenvalue weighted by molar-refractivity contribution is 6.30. The number of carbonyl (C=O) groups excluding carboxylic acids is 2. The molecule has 156 valence electrons.